The summed E-state index contributed by atoms with van der Waals surface area (Å²) in [6.45, 7) is 4.47. The predicted octanol–water partition coefficient (Wildman–Crippen LogP) is 3.10. The molecule has 21 heavy (non-hydrogen) atoms. The van der Waals surface area contributed by atoms with Crippen LogP contribution in [0.5, 0.6) is 0 Å². The van der Waals surface area contributed by atoms with E-state index in [1.807, 2.05) is 6.07 Å². The third kappa shape index (κ3) is 3.16. The van der Waals surface area contributed by atoms with Gasteiger partial charge < -0.3 is 10.0 Å². The molecule has 0 radical (unpaired) electrons. The van der Waals surface area contributed by atoms with E-state index in [-0.39, 0.29) is 5.56 Å². The SMILES string of the molecule is O=C(O)c1ccc(N2CCC(N3CCCCC3)C2)cc1Cl. The Hall–Kier alpha value is -1.26. The Morgan fingerprint density at radius 3 is 2.62 bits per heavy atom. The number of carboxylic acids is 1. The Balaban J connectivity index is 1.68. The highest BCUT2D eigenvalue weighted by molar-refractivity contribution is 6.33. The molecule has 1 unspecified atom stereocenters. The summed E-state index contributed by atoms with van der Waals surface area (Å²) in [7, 11) is 0. The van der Waals surface area contributed by atoms with Crippen LogP contribution in [-0.4, -0.2) is 48.2 Å². The third-order valence-electron chi connectivity index (χ3n) is 4.62. The Labute approximate surface area is 130 Å². The molecule has 4 nitrogen and oxygen atoms in total. The fourth-order valence-corrected chi connectivity index (χ4v) is 3.69. The Kier molecular flexibility index (Phi) is 4.36. The number of aromatic carboxylic acids is 1. The number of nitrogens with zero attached hydrogens (tertiary/aromatic N) is 2. The number of halogens is 1. The number of anilines is 1. The monoisotopic (exact) mass is 308 g/mol. The molecule has 5 heteroatoms. The van der Waals surface area contributed by atoms with E-state index >= 15 is 0 Å². The summed E-state index contributed by atoms with van der Waals surface area (Å²) < 4.78 is 0. The van der Waals surface area contributed by atoms with E-state index in [0.717, 1.165) is 18.8 Å². The minimum atomic E-state index is -0.973. The molecule has 114 valence electrons. The van der Waals surface area contributed by atoms with Crippen LogP contribution >= 0.6 is 11.6 Å². The van der Waals surface area contributed by atoms with Gasteiger partial charge in [-0.3, -0.25) is 4.90 Å². The summed E-state index contributed by atoms with van der Waals surface area (Å²) in [5, 5.41) is 9.35. The second kappa shape index (κ2) is 6.24. The van der Waals surface area contributed by atoms with Crippen LogP contribution in [0.3, 0.4) is 0 Å². The second-order valence-corrected chi connectivity index (χ2v) is 6.36. The third-order valence-corrected chi connectivity index (χ3v) is 4.93. The van der Waals surface area contributed by atoms with Crippen molar-refractivity contribution in [1.82, 2.24) is 4.90 Å². The minimum absolute atomic E-state index is 0.173. The van der Waals surface area contributed by atoms with Crippen LogP contribution in [-0.2, 0) is 0 Å². The number of benzene rings is 1. The van der Waals surface area contributed by atoms with Gasteiger partial charge in [-0.1, -0.05) is 18.0 Å². The highest BCUT2D eigenvalue weighted by Crippen LogP contribution is 2.28. The van der Waals surface area contributed by atoms with E-state index in [2.05, 4.69) is 9.80 Å². The lowest BCUT2D eigenvalue weighted by Crippen LogP contribution is -2.40. The molecular weight excluding hydrogens is 288 g/mol. The normalized spacial score (nSPS) is 23.5. The van der Waals surface area contributed by atoms with E-state index in [1.54, 1.807) is 12.1 Å². The first-order valence-corrected chi connectivity index (χ1v) is 8.05. The molecule has 2 saturated heterocycles. The van der Waals surface area contributed by atoms with Gasteiger partial charge in [0.1, 0.15) is 0 Å². The average molecular weight is 309 g/mol. The lowest BCUT2D eigenvalue weighted by Gasteiger charge is -2.32. The number of likely N-dealkylation sites (tertiary alicyclic amines) is 1. The summed E-state index contributed by atoms with van der Waals surface area (Å²) in [4.78, 5) is 15.9. The highest BCUT2D eigenvalue weighted by Gasteiger charge is 2.28. The zero-order valence-corrected chi connectivity index (χ0v) is 12.9. The number of rotatable bonds is 3. The largest absolute Gasteiger partial charge is 0.478 e. The van der Waals surface area contributed by atoms with Crippen molar-refractivity contribution in [2.24, 2.45) is 0 Å². The van der Waals surface area contributed by atoms with E-state index in [0.29, 0.717) is 11.1 Å². The molecule has 1 N–H and O–H groups in total. The topological polar surface area (TPSA) is 43.8 Å². The van der Waals surface area contributed by atoms with Crippen LogP contribution in [0.4, 0.5) is 5.69 Å². The van der Waals surface area contributed by atoms with Crippen LogP contribution in [0, 0.1) is 0 Å². The molecule has 0 amide bonds. The summed E-state index contributed by atoms with van der Waals surface area (Å²) in [5.74, 6) is -0.973. The molecule has 1 atom stereocenters. The Morgan fingerprint density at radius 1 is 1.19 bits per heavy atom. The van der Waals surface area contributed by atoms with Gasteiger partial charge in [-0.15, -0.1) is 0 Å². The standard InChI is InChI=1S/C16H21ClN2O2/c17-15-10-12(4-5-14(15)16(20)21)19-9-6-13(11-19)18-7-2-1-3-8-18/h4-5,10,13H,1-3,6-9,11H2,(H,20,21). The predicted molar refractivity (Wildman–Crippen MR) is 84.5 cm³/mol. The molecule has 2 fully saturated rings. The maximum Gasteiger partial charge on any atom is 0.337 e. The highest BCUT2D eigenvalue weighted by atomic mass is 35.5. The number of carbonyl (C=O) groups is 1. The van der Waals surface area contributed by atoms with E-state index in [4.69, 9.17) is 16.7 Å². The van der Waals surface area contributed by atoms with Crippen LogP contribution in [0.15, 0.2) is 18.2 Å². The minimum Gasteiger partial charge on any atom is -0.478 e. The average Bonchev–Trinajstić information content (AvgIpc) is 2.97. The number of carboxylic acid groups (broad SMARTS) is 1. The molecule has 2 aliphatic heterocycles. The zero-order valence-electron chi connectivity index (χ0n) is 12.1. The molecule has 1 aromatic carbocycles. The van der Waals surface area contributed by atoms with Gasteiger partial charge in [0.05, 0.1) is 10.6 Å². The van der Waals surface area contributed by atoms with Gasteiger partial charge in [-0.05, 0) is 50.6 Å². The van der Waals surface area contributed by atoms with Crippen molar-refractivity contribution in [3.8, 4) is 0 Å². The van der Waals surface area contributed by atoms with Crippen molar-refractivity contribution in [2.75, 3.05) is 31.1 Å². The molecule has 3 rings (SSSR count). The van der Waals surface area contributed by atoms with Gasteiger partial charge in [0.2, 0.25) is 0 Å². The Bertz CT molecular complexity index is 529. The van der Waals surface area contributed by atoms with Crippen LogP contribution in [0.2, 0.25) is 5.02 Å². The summed E-state index contributed by atoms with van der Waals surface area (Å²) >= 11 is 6.07. The van der Waals surface area contributed by atoms with E-state index < -0.39 is 5.97 Å². The van der Waals surface area contributed by atoms with Gasteiger partial charge in [0.25, 0.3) is 0 Å². The van der Waals surface area contributed by atoms with Crippen molar-refractivity contribution >= 4 is 23.3 Å². The molecule has 0 aromatic heterocycles. The summed E-state index contributed by atoms with van der Waals surface area (Å²) in [6, 6.07) is 5.88. The first-order chi connectivity index (χ1) is 10.1. The molecule has 0 saturated carbocycles. The molecule has 2 heterocycles. The van der Waals surface area contributed by atoms with Crippen molar-refractivity contribution < 1.29 is 9.90 Å². The molecule has 0 spiro atoms. The number of hydrogen-bond donors (Lipinski definition) is 1. The van der Waals surface area contributed by atoms with Gasteiger partial charge in [0, 0.05) is 24.8 Å². The van der Waals surface area contributed by atoms with E-state index in [9.17, 15) is 4.79 Å². The molecule has 0 aliphatic carbocycles. The smallest absolute Gasteiger partial charge is 0.337 e. The van der Waals surface area contributed by atoms with Crippen molar-refractivity contribution in [1.29, 1.82) is 0 Å². The molecular formula is C16H21ClN2O2. The molecule has 2 aliphatic rings. The maximum absolute atomic E-state index is 11.0. The van der Waals surface area contributed by atoms with Crippen LogP contribution < -0.4 is 4.90 Å². The number of piperidine rings is 1. The van der Waals surface area contributed by atoms with Crippen molar-refractivity contribution in [2.45, 2.75) is 31.7 Å². The lowest BCUT2D eigenvalue weighted by atomic mass is 10.1. The van der Waals surface area contributed by atoms with Crippen molar-refractivity contribution in [3.63, 3.8) is 0 Å². The lowest BCUT2D eigenvalue weighted by molar-refractivity contribution is 0.0697. The van der Waals surface area contributed by atoms with Gasteiger partial charge in [-0.25, -0.2) is 4.79 Å². The van der Waals surface area contributed by atoms with E-state index in [1.165, 1.54) is 38.8 Å². The summed E-state index contributed by atoms with van der Waals surface area (Å²) in [5.41, 5.74) is 1.21. The fourth-order valence-electron chi connectivity index (χ4n) is 3.43. The number of hydrogen-bond acceptors (Lipinski definition) is 3. The Morgan fingerprint density at radius 2 is 1.95 bits per heavy atom. The first-order valence-electron chi connectivity index (χ1n) is 7.67. The maximum atomic E-state index is 11.0. The quantitative estimate of drug-likeness (QED) is 0.932. The van der Waals surface area contributed by atoms with Crippen LogP contribution in [0.1, 0.15) is 36.0 Å². The zero-order chi connectivity index (χ0) is 14.8. The van der Waals surface area contributed by atoms with Crippen molar-refractivity contribution in [3.05, 3.63) is 28.8 Å². The molecule has 0 bridgehead atoms. The van der Waals surface area contributed by atoms with Crippen LogP contribution in [0.25, 0.3) is 0 Å². The summed E-state index contributed by atoms with van der Waals surface area (Å²) in [6.07, 6.45) is 5.17. The fraction of sp³-hybridized carbons (Fsp3) is 0.562. The van der Waals surface area contributed by atoms with Gasteiger partial charge >= 0.3 is 5.97 Å². The molecule has 1 aromatic rings. The van der Waals surface area contributed by atoms with Gasteiger partial charge in [0.15, 0.2) is 0 Å². The van der Waals surface area contributed by atoms with Gasteiger partial charge in [-0.2, -0.15) is 0 Å². The first kappa shape index (κ1) is 14.7. The second-order valence-electron chi connectivity index (χ2n) is 5.95.